The van der Waals surface area contributed by atoms with E-state index in [4.69, 9.17) is 57.3 Å². The number of benzene rings is 11. The number of rotatable bonds is 17. The number of halogens is 2. The molecule has 11 rings (SSSR count). The second kappa shape index (κ2) is 58.8. The Morgan fingerprint density at radius 2 is 0.587 bits per heavy atom. The first-order valence-electron chi connectivity index (χ1n) is 44.9. The van der Waals surface area contributed by atoms with E-state index in [1.54, 1.807) is 59.7 Å². The minimum absolute atomic E-state index is 0. The summed E-state index contributed by atoms with van der Waals surface area (Å²) in [5.74, 6) is -1.57. The van der Waals surface area contributed by atoms with Crippen LogP contribution in [0.15, 0.2) is 231 Å². The number of anilines is 10. The molecule has 0 bridgehead atoms. The van der Waals surface area contributed by atoms with Gasteiger partial charge in [0.1, 0.15) is 0 Å². The Kier molecular flexibility index (Phi) is 54.7. The molecule has 0 heterocycles. The van der Waals surface area contributed by atoms with Crippen LogP contribution in [-0.4, -0.2) is 115 Å². The van der Waals surface area contributed by atoms with Crippen LogP contribution >= 0.6 is 22.6 Å². The van der Waals surface area contributed by atoms with Gasteiger partial charge >= 0.3 is 71.5 Å². The van der Waals surface area contributed by atoms with Gasteiger partial charge in [-0.2, -0.15) is 38.4 Å². The van der Waals surface area contributed by atoms with Gasteiger partial charge in [0.05, 0.1) is 102 Å². The van der Waals surface area contributed by atoms with E-state index in [9.17, 15) is 34.5 Å². The van der Waals surface area contributed by atoms with Gasteiger partial charge in [0, 0.05) is 43.0 Å². The zero-order chi connectivity index (χ0) is 106. The molecule has 26 heteroatoms. The van der Waals surface area contributed by atoms with E-state index in [0.717, 1.165) is 78.8 Å². The standard InChI is InChI=1S/C35H49NO3.C31H37NO4.C23H31NO2.C15H15NO2.C7H7I.4CO2.CH4.CH3.HI.Mg/c1-31(2,3)23-16-19-25(20-17-23)36(29-21-18-24(32(4,5)6)22-28(29)35(11,12)39)30-26(33(7,8)37)14-13-15-27(30)34(9,10)38;1-20-18-21(30(2,3)4)14-16-25(20)32(26-13-11-10-12-23(26)28(33)35-8)27-17-15-22(31(5,6)7)19-24(27)29(34)36-9;1-15-13-16(22(2,3)4)9-11-19(15)24-20-12-10-17(23(5,6)7)14-18(20)21(25)26-8;1-11-7-3-5-9-13(11)16-14-10-6-4-8-12(14)15(17)18-2;1-6-4-2-3-5-7(6)8;4*2-1-3;;;;/h13-22,37-39H,1-12H3;10-19H,1-9H3;9-14,24H,1-8H3;3-10,16H,1-2H3;2-5H,1H3;;;;;1H4;1H3;1H;/q;;;;;;;;;;-1;;+2/p-1. The summed E-state index contributed by atoms with van der Waals surface area (Å²) in [6.45, 7) is 57.8. The fraction of sp³-hybridized carbons (Fsp3) is 0.359. The number of esters is 4. The van der Waals surface area contributed by atoms with Crippen LogP contribution in [0.2, 0.25) is 0 Å². The van der Waals surface area contributed by atoms with Gasteiger partial charge in [0.15, 0.2) is 0 Å². The van der Waals surface area contributed by atoms with Gasteiger partial charge < -0.3 is 86.1 Å². The zero-order valence-electron chi connectivity index (χ0n) is 88.7. The molecule has 0 radical (unpaired) electrons. The molecule has 0 saturated carbocycles. The van der Waals surface area contributed by atoms with E-state index < -0.39 is 28.7 Å². The maximum absolute atomic E-state index is 13.1. The van der Waals surface area contributed by atoms with E-state index in [1.807, 2.05) is 128 Å². The molecule has 5 N–H and O–H groups in total. The predicted molar refractivity (Wildman–Crippen MR) is 575 cm³/mol. The third kappa shape index (κ3) is 40.0. The number of carbonyl (C=O) groups excluding carboxylic acids is 12. The zero-order valence-corrected chi connectivity index (χ0v) is 94.4. The Morgan fingerprint density at radius 3 is 0.972 bits per heavy atom. The van der Waals surface area contributed by atoms with E-state index in [1.165, 1.54) is 54.3 Å². The average molecular weight is 2190 g/mol. The summed E-state index contributed by atoms with van der Waals surface area (Å²) >= 11 is 2.32. The SMILES string of the molecule is C.CC(C)(C)c1ccc(N(c2ccc(C(C)(C)C)cc2C(C)(C)O)c2c(C(C)(C)O)cccc2C(C)(C)O)cc1.COC(=O)c1cc(C(C)(C)C)ccc1Nc1ccc(C(C)(C)C)cc1C.COC(=O)c1ccccc1N(c1ccc(C(C)(C)C)cc1C)c1ccc(C(C)(C)C)cc1C(=O)OC.COC(=O)c1ccccc1Nc1ccccc1C.Cc1ccccc1I.O=C=O.O=C=O.O=C=O.O=C=O.[CH3-].[I-].[Mg+2]. The first kappa shape index (κ1) is 133. The fourth-order valence-electron chi connectivity index (χ4n) is 14.2. The first-order valence-corrected chi connectivity index (χ1v) is 46.0. The summed E-state index contributed by atoms with van der Waals surface area (Å²) in [6.07, 6.45) is 1.00. The van der Waals surface area contributed by atoms with Crippen LogP contribution in [0, 0.1) is 38.7 Å². The van der Waals surface area contributed by atoms with E-state index in [0.29, 0.717) is 50.4 Å². The number of nitrogens with zero attached hydrogens (tertiary/aromatic N) is 2. The molecule has 0 spiro atoms. The number of ether oxygens (including phenoxy) is 4. The molecule has 0 amide bonds. The van der Waals surface area contributed by atoms with Crippen molar-refractivity contribution in [3.8, 4) is 0 Å². The number of nitrogens with one attached hydrogen (secondary N) is 2. The van der Waals surface area contributed by atoms with Gasteiger partial charge in [-0.1, -0.05) is 272 Å². The Morgan fingerprint density at radius 1 is 0.294 bits per heavy atom. The van der Waals surface area contributed by atoms with E-state index in [-0.39, 0.29) is 131 Å². The quantitative estimate of drug-likeness (QED) is 0.0186. The van der Waals surface area contributed by atoms with Crippen molar-refractivity contribution in [1.29, 1.82) is 0 Å². The number of hydrogen-bond acceptors (Lipinski definition) is 23. The van der Waals surface area contributed by atoms with Crippen molar-refractivity contribution in [3.63, 3.8) is 0 Å². The molecule has 0 aromatic heterocycles. The molecule has 143 heavy (non-hydrogen) atoms. The van der Waals surface area contributed by atoms with Crippen molar-refractivity contribution in [2.75, 3.05) is 48.9 Å². The molecule has 0 saturated heterocycles. The second-order valence-corrected chi connectivity index (χ2v) is 41.7. The van der Waals surface area contributed by atoms with Crippen LogP contribution in [0.3, 0.4) is 0 Å². The largest absolute Gasteiger partial charge is 2.00 e. The number of para-hydroxylation sites is 4. The molecular weight excluding hydrogens is 2040 g/mol. The summed E-state index contributed by atoms with van der Waals surface area (Å²) in [5.41, 5.74) is 19.7. The average Bonchev–Trinajstić information content (AvgIpc) is 0.737. The van der Waals surface area contributed by atoms with Crippen molar-refractivity contribution in [2.45, 2.75) is 251 Å². The molecular formula is C117H146I2MgN4O19. The van der Waals surface area contributed by atoms with E-state index >= 15 is 0 Å². The maximum Gasteiger partial charge on any atom is 2.00 e. The maximum atomic E-state index is 13.1. The third-order valence-electron chi connectivity index (χ3n) is 22.2. The number of carbonyl (C=O) groups is 4. The van der Waals surface area contributed by atoms with Gasteiger partial charge in [-0.05, 0) is 271 Å². The van der Waals surface area contributed by atoms with Gasteiger partial charge in [-0.15, -0.1) is 0 Å². The summed E-state index contributed by atoms with van der Waals surface area (Å²) in [6, 6.07) is 75.7. The molecule has 0 atom stereocenters. The van der Waals surface area contributed by atoms with Gasteiger partial charge in [-0.3, -0.25) is 0 Å². The van der Waals surface area contributed by atoms with Crippen LogP contribution in [0.25, 0.3) is 0 Å². The van der Waals surface area contributed by atoms with Crippen LogP contribution in [0.5, 0.6) is 0 Å². The van der Waals surface area contributed by atoms with Crippen LogP contribution in [0.1, 0.15) is 287 Å². The minimum Gasteiger partial charge on any atom is -1.00 e. The molecule has 11 aromatic rings. The third-order valence-corrected chi connectivity index (χ3v) is 23.4. The topological polar surface area (TPSA) is 333 Å². The van der Waals surface area contributed by atoms with Crippen molar-refractivity contribution in [3.05, 3.63) is 336 Å². The Bertz CT molecular complexity index is 6020. The van der Waals surface area contributed by atoms with Crippen molar-refractivity contribution < 1.29 is 116 Å². The molecule has 764 valence electrons. The molecule has 0 unspecified atom stereocenters. The van der Waals surface area contributed by atoms with E-state index in [2.05, 4.69) is 280 Å². The summed E-state index contributed by atoms with van der Waals surface area (Å²) in [5, 5.41) is 40.9. The van der Waals surface area contributed by atoms with Crippen molar-refractivity contribution in [2.24, 2.45) is 0 Å². The number of hydrogen-bond donors (Lipinski definition) is 5. The fourth-order valence-corrected chi connectivity index (χ4v) is 14.6. The number of aryl methyl sites for hydroxylation is 4. The molecule has 0 aliphatic carbocycles. The molecule has 0 aliphatic rings. The van der Waals surface area contributed by atoms with Crippen LogP contribution in [0.4, 0.5) is 56.9 Å². The Labute approximate surface area is 895 Å². The van der Waals surface area contributed by atoms with Gasteiger partial charge in [0.25, 0.3) is 0 Å². The monoisotopic (exact) mass is 2190 g/mol. The summed E-state index contributed by atoms with van der Waals surface area (Å²) < 4.78 is 21.4. The summed E-state index contributed by atoms with van der Waals surface area (Å²) in [7, 11) is 5.54. The van der Waals surface area contributed by atoms with Gasteiger partial charge in [0.2, 0.25) is 0 Å². The molecule has 0 fully saturated rings. The summed E-state index contributed by atoms with van der Waals surface area (Å²) in [4.78, 5) is 119. The van der Waals surface area contributed by atoms with Crippen molar-refractivity contribution >= 4 is 151 Å². The van der Waals surface area contributed by atoms with Crippen molar-refractivity contribution in [1.82, 2.24) is 0 Å². The Hall–Kier alpha value is -11.9. The number of aliphatic hydroxyl groups is 3. The second-order valence-electron chi connectivity index (χ2n) is 40.5. The van der Waals surface area contributed by atoms with Crippen LogP contribution in [-0.2, 0) is 107 Å². The normalized spacial score (nSPS) is 10.8. The molecule has 0 aliphatic heterocycles. The molecule has 11 aromatic carbocycles. The van der Waals surface area contributed by atoms with Gasteiger partial charge in [-0.25, -0.2) is 19.2 Å². The predicted octanol–water partition coefficient (Wildman–Crippen LogP) is 23.7. The smallest absolute Gasteiger partial charge is 1.00 e. The first-order chi connectivity index (χ1) is 64.4. The Balaban J connectivity index is 0. The van der Waals surface area contributed by atoms with Crippen LogP contribution < -0.4 is 44.4 Å². The minimum atomic E-state index is -1.19. The molecule has 23 nitrogen and oxygen atoms in total. The number of methoxy groups -OCH3 is 4.